The van der Waals surface area contributed by atoms with Crippen LogP contribution in [0.25, 0.3) is 0 Å². The molecule has 0 amide bonds. The topological polar surface area (TPSA) is 118 Å². The van der Waals surface area contributed by atoms with Gasteiger partial charge in [0.25, 0.3) is 0 Å². The summed E-state index contributed by atoms with van der Waals surface area (Å²) in [7, 11) is 2.81. The molecule has 0 aromatic heterocycles. The van der Waals surface area contributed by atoms with Crippen molar-refractivity contribution in [1.82, 2.24) is 0 Å². The molecular weight excluding hydrogens is 396 g/mol. The largest absolute Gasteiger partial charge is 0.507 e. The van der Waals surface area contributed by atoms with Crippen LogP contribution in [0, 0.1) is 0 Å². The molecule has 0 saturated heterocycles. The molecule has 9 nitrogen and oxygen atoms in total. The number of ether oxygens (including phenoxy) is 5. The molecule has 158 valence electrons. The lowest BCUT2D eigenvalue weighted by atomic mass is 9.92. The monoisotopic (exact) mass is 416 g/mol. The molecule has 0 fully saturated rings. The van der Waals surface area contributed by atoms with Crippen molar-refractivity contribution in [2.45, 2.75) is 26.1 Å². The number of methoxy groups -OCH3 is 2. The average Bonchev–Trinajstić information content (AvgIpc) is 2.68. The van der Waals surface area contributed by atoms with E-state index in [0.717, 1.165) is 6.92 Å². The molecule has 2 aromatic carbocycles. The number of carbonyl (C=O) groups excluding carboxylic acids is 3. The molecular formula is C21H20O9. The summed E-state index contributed by atoms with van der Waals surface area (Å²) in [4.78, 5) is 36.1. The Bertz CT molecular complexity index is 1010. The number of phenols is 1. The number of ketones is 1. The predicted octanol–water partition coefficient (Wildman–Crippen LogP) is 2.58. The fraction of sp³-hybridized carbons (Fsp3) is 0.286. The molecule has 0 unspecified atom stereocenters. The molecule has 9 heteroatoms. The fourth-order valence-electron chi connectivity index (χ4n) is 3.15. The molecule has 2 aromatic rings. The van der Waals surface area contributed by atoms with Crippen LogP contribution < -0.4 is 18.9 Å². The van der Waals surface area contributed by atoms with Crippen molar-refractivity contribution in [1.29, 1.82) is 0 Å². The smallest absolute Gasteiger partial charge is 0.308 e. The summed E-state index contributed by atoms with van der Waals surface area (Å²) in [5.41, 5.74) is 0.270. The van der Waals surface area contributed by atoms with E-state index < -0.39 is 29.9 Å². The van der Waals surface area contributed by atoms with E-state index in [2.05, 4.69) is 0 Å². The maximum atomic E-state index is 13.1. The fourth-order valence-corrected chi connectivity index (χ4v) is 3.15. The standard InChI is InChI=1S/C21H20O9/c1-10(22)28-16-7-12(5-6-15(16)27-4)20-21(29-11(2)23)19(25)18-14(24)8-13(26-3)9-17(18)30-20/h5-9,20-21,24H,1-4H3/t20-,21+/m0/s1. The number of aromatic hydroxyl groups is 1. The van der Waals surface area contributed by atoms with Gasteiger partial charge in [0.15, 0.2) is 17.6 Å². The number of Topliss-reactive ketones (excluding diaryl/α,β-unsaturated/α-hetero) is 1. The van der Waals surface area contributed by atoms with E-state index in [1.807, 2.05) is 0 Å². The third-order valence-corrected chi connectivity index (χ3v) is 4.39. The zero-order valence-electron chi connectivity index (χ0n) is 16.8. The van der Waals surface area contributed by atoms with Crippen LogP contribution in [-0.2, 0) is 14.3 Å². The Labute approximate surface area is 172 Å². The van der Waals surface area contributed by atoms with Crippen molar-refractivity contribution in [2.75, 3.05) is 14.2 Å². The number of carbonyl (C=O) groups is 3. The highest BCUT2D eigenvalue weighted by Crippen LogP contribution is 2.44. The molecule has 0 saturated carbocycles. The molecule has 1 aliphatic heterocycles. The molecule has 0 aliphatic carbocycles. The zero-order chi connectivity index (χ0) is 22.0. The molecule has 1 heterocycles. The average molecular weight is 416 g/mol. The summed E-state index contributed by atoms with van der Waals surface area (Å²) in [5, 5.41) is 10.3. The minimum absolute atomic E-state index is 0.0649. The van der Waals surface area contributed by atoms with E-state index in [1.54, 1.807) is 6.07 Å². The van der Waals surface area contributed by atoms with Gasteiger partial charge in [-0.15, -0.1) is 0 Å². The first-order chi connectivity index (χ1) is 14.2. The highest BCUT2D eigenvalue weighted by atomic mass is 16.6. The number of fused-ring (bicyclic) bond motifs is 1. The quantitative estimate of drug-likeness (QED) is 0.579. The minimum atomic E-state index is -1.37. The van der Waals surface area contributed by atoms with Crippen LogP contribution in [0.3, 0.4) is 0 Å². The summed E-state index contributed by atoms with van der Waals surface area (Å²) in [6, 6.07) is 7.29. The van der Waals surface area contributed by atoms with E-state index in [0.29, 0.717) is 11.3 Å². The third-order valence-electron chi connectivity index (χ3n) is 4.39. The molecule has 0 radical (unpaired) electrons. The van der Waals surface area contributed by atoms with Gasteiger partial charge in [0.2, 0.25) is 11.9 Å². The van der Waals surface area contributed by atoms with Crippen LogP contribution in [-0.4, -0.2) is 43.2 Å². The number of hydrogen-bond donors (Lipinski definition) is 1. The van der Waals surface area contributed by atoms with Crippen molar-refractivity contribution < 1.29 is 43.2 Å². The van der Waals surface area contributed by atoms with Gasteiger partial charge in [0.1, 0.15) is 22.8 Å². The van der Waals surface area contributed by atoms with Crippen molar-refractivity contribution >= 4 is 17.7 Å². The molecule has 0 bridgehead atoms. The van der Waals surface area contributed by atoms with E-state index >= 15 is 0 Å². The Morgan fingerprint density at radius 1 is 1.00 bits per heavy atom. The lowest BCUT2D eigenvalue weighted by Gasteiger charge is -2.32. The van der Waals surface area contributed by atoms with Crippen LogP contribution >= 0.6 is 0 Å². The summed E-state index contributed by atoms with van der Waals surface area (Å²) < 4.78 is 26.6. The van der Waals surface area contributed by atoms with Crippen LogP contribution in [0.2, 0.25) is 0 Å². The van der Waals surface area contributed by atoms with Crippen molar-refractivity contribution in [3.8, 4) is 28.7 Å². The number of esters is 2. The molecule has 1 N–H and O–H groups in total. The van der Waals surface area contributed by atoms with Gasteiger partial charge in [0.05, 0.1) is 14.2 Å². The molecule has 30 heavy (non-hydrogen) atoms. The van der Waals surface area contributed by atoms with Gasteiger partial charge < -0.3 is 28.8 Å². The molecule has 3 rings (SSSR count). The second kappa shape index (κ2) is 8.32. The number of rotatable bonds is 5. The Hall–Kier alpha value is -3.75. The zero-order valence-corrected chi connectivity index (χ0v) is 16.8. The van der Waals surface area contributed by atoms with E-state index in [9.17, 15) is 19.5 Å². The van der Waals surface area contributed by atoms with Gasteiger partial charge in [0, 0.05) is 31.5 Å². The Balaban J connectivity index is 2.12. The van der Waals surface area contributed by atoms with Crippen LogP contribution in [0.5, 0.6) is 28.7 Å². The Morgan fingerprint density at radius 2 is 1.73 bits per heavy atom. The van der Waals surface area contributed by atoms with E-state index in [4.69, 9.17) is 23.7 Å². The number of phenolic OH excluding ortho intramolecular Hbond substituents is 1. The normalized spacial score (nSPS) is 17.4. The first kappa shape index (κ1) is 21.0. The van der Waals surface area contributed by atoms with Crippen LogP contribution in [0.15, 0.2) is 30.3 Å². The lowest BCUT2D eigenvalue weighted by molar-refractivity contribution is -0.148. The van der Waals surface area contributed by atoms with Gasteiger partial charge >= 0.3 is 11.9 Å². The van der Waals surface area contributed by atoms with Crippen LogP contribution in [0.4, 0.5) is 0 Å². The lowest BCUT2D eigenvalue weighted by Crippen LogP contribution is -2.39. The molecule has 2 atom stereocenters. The summed E-state index contributed by atoms with van der Waals surface area (Å²) >= 11 is 0. The van der Waals surface area contributed by atoms with E-state index in [1.165, 1.54) is 45.4 Å². The first-order valence-electron chi connectivity index (χ1n) is 8.90. The number of benzene rings is 2. The summed E-state index contributed by atoms with van der Waals surface area (Å²) in [6.45, 7) is 2.39. The van der Waals surface area contributed by atoms with Crippen molar-refractivity contribution in [3.05, 3.63) is 41.5 Å². The molecule has 0 spiro atoms. The first-order valence-corrected chi connectivity index (χ1v) is 8.90. The highest BCUT2D eigenvalue weighted by molar-refractivity contribution is 6.06. The maximum absolute atomic E-state index is 13.1. The van der Waals surface area contributed by atoms with Crippen molar-refractivity contribution in [2.24, 2.45) is 0 Å². The number of hydrogen-bond acceptors (Lipinski definition) is 9. The molecule has 1 aliphatic rings. The highest BCUT2D eigenvalue weighted by Gasteiger charge is 2.43. The third kappa shape index (κ3) is 4.00. The van der Waals surface area contributed by atoms with E-state index in [-0.39, 0.29) is 28.6 Å². The van der Waals surface area contributed by atoms with Crippen molar-refractivity contribution in [3.63, 3.8) is 0 Å². The van der Waals surface area contributed by atoms with Gasteiger partial charge in [-0.1, -0.05) is 6.07 Å². The van der Waals surface area contributed by atoms with Gasteiger partial charge in [-0.3, -0.25) is 14.4 Å². The Kier molecular flexibility index (Phi) is 5.81. The minimum Gasteiger partial charge on any atom is -0.507 e. The predicted molar refractivity (Wildman–Crippen MR) is 102 cm³/mol. The van der Waals surface area contributed by atoms with Gasteiger partial charge in [-0.25, -0.2) is 0 Å². The SMILES string of the molecule is COc1cc(O)c2c(c1)O[C@@H](c1ccc(OC)c(OC(C)=O)c1)[C@H](OC(C)=O)C2=O. The Morgan fingerprint density at radius 3 is 2.33 bits per heavy atom. The maximum Gasteiger partial charge on any atom is 0.308 e. The second-order valence-electron chi connectivity index (χ2n) is 6.46. The van der Waals surface area contributed by atoms with Gasteiger partial charge in [-0.05, 0) is 12.1 Å². The van der Waals surface area contributed by atoms with Crippen LogP contribution in [0.1, 0.15) is 35.9 Å². The van der Waals surface area contributed by atoms with Gasteiger partial charge in [-0.2, -0.15) is 0 Å². The summed E-state index contributed by atoms with van der Waals surface area (Å²) in [5.74, 6) is -1.52. The second-order valence-corrected chi connectivity index (χ2v) is 6.46. The summed E-state index contributed by atoms with van der Waals surface area (Å²) in [6.07, 6.45) is -2.44.